The number of hydrogen-bond acceptors (Lipinski definition) is 7. The Morgan fingerprint density at radius 2 is 2.00 bits per heavy atom. The summed E-state index contributed by atoms with van der Waals surface area (Å²) >= 11 is 0. The molecule has 6 rings (SSSR count). The third-order valence-corrected chi connectivity index (χ3v) is 8.33. The number of carbonyl (C=O) groups excluding carboxylic acids is 4. The highest BCUT2D eigenvalue weighted by Crippen LogP contribution is 2.54. The van der Waals surface area contributed by atoms with E-state index in [-0.39, 0.29) is 53.9 Å². The normalized spacial score (nSPS) is 28.6. The standard InChI is InChI=1S/C25H28N6O5/c1-25(2)20-16(21(25)36-3)8-9-29(20)24(35)17-12-31(28-27-17)14-4-5-15-13(10-14)11-30(23(15)34)18-6-7-19(32)26-22(18)33/h4-5,10,12,16,18,20-21H,6-9,11H2,1-3H3,(H,26,32,33)/t16-,18?,20+,21?/m1/s1. The van der Waals surface area contributed by atoms with Crippen LogP contribution in [-0.2, 0) is 20.9 Å². The van der Waals surface area contributed by atoms with Crippen molar-refractivity contribution in [2.45, 2.75) is 57.8 Å². The second-order valence-corrected chi connectivity index (χ2v) is 10.7. The van der Waals surface area contributed by atoms with Crippen LogP contribution in [0.1, 0.15) is 59.5 Å². The summed E-state index contributed by atoms with van der Waals surface area (Å²) < 4.78 is 7.21. The summed E-state index contributed by atoms with van der Waals surface area (Å²) in [5.41, 5.74) is 2.09. The van der Waals surface area contributed by atoms with Crippen LogP contribution >= 0.6 is 0 Å². The van der Waals surface area contributed by atoms with E-state index >= 15 is 0 Å². The molecule has 1 aromatic carbocycles. The van der Waals surface area contributed by atoms with Gasteiger partial charge in [0, 0.05) is 49.6 Å². The topological polar surface area (TPSA) is 127 Å². The number of ether oxygens (including phenoxy) is 1. The van der Waals surface area contributed by atoms with Gasteiger partial charge in [0.2, 0.25) is 11.8 Å². The first-order chi connectivity index (χ1) is 17.2. The number of imide groups is 1. The van der Waals surface area contributed by atoms with Crippen LogP contribution in [0.25, 0.3) is 5.69 Å². The number of nitrogens with zero attached hydrogens (tertiary/aromatic N) is 5. The van der Waals surface area contributed by atoms with E-state index in [1.165, 1.54) is 9.58 Å². The third kappa shape index (κ3) is 3.22. The number of carbonyl (C=O) groups is 4. The molecular formula is C25H28N6O5. The van der Waals surface area contributed by atoms with Crippen molar-refractivity contribution in [2.75, 3.05) is 13.7 Å². The van der Waals surface area contributed by atoms with E-state index < -0.39 is 11.9 Å². The number of amides is 4. The number of rotatable bonds is 4. The second kappa shape index (κ2) is 7.95. The lowest BCUT2D eigenvalue weighted by Gasteiger charge is -2.56. The van der Waals surface area contributed by atoms with Crippen molar-refractivity contribution in [3.8, 4) is 5.69 Å². The Balaban J connectivity index is 1.20. The van der Waals surface area contributed by atoms with E-state index in [0.29, 0.717) is 30.1 Å². The fourth-order valence-corrected chi connectivity index (χ4v) is 6.73. The van der Waals surface area contributed by atoms with Crippen LogP contribution < -0.4 is 5.32 Å². The molecule has 4 atom stereocenters. The van der Waals surface area contributed by atoms with E-state index in [0.717, 1.165) is 12.0 Å². The molecular weight excluding hydrogens is 464 g/mol. The van der Waals surface area contributed by atoms with Gasteiger partial charge in [-0.05, 0) is 36.6 Å². The van der Waals surface area contributed by atoms with Crippen molar-refractivity contribution < 1.29 is 23.9 Å². The van der Waals surface area contributed by atoms with Gasteiger partial charge in [0.1, 0.15) is 6.04 Å². The number of methoxy groups -OCH3 is 1. The van der Waals surface area contributed by atoms with E-state index in [1.807, 2.05) is 11.0 Å². The second-order valence-electron chi connectivity index (χ2n) is 10.7. The minimum Gasteiger partial charge on any atom is -0.380 e. The Kier molecular flexibility index (Phi) is 5.05. The molecule has 2 unspecified atom stereocenters. The summed E-state index contributed by atoms with van der Waals surface area (Å²) in [5.74, 6) is -0.797. The van der Waals surface area contributed by atoms with Crippen LogP contribution in [0.3, 0.4) is 0 Å². The summed E-state index contributed by atoms with van der Waals surface area (Å²) in [6.45, 7) is 5.20. The lowest BCUT2D eigenvalue weighted by atomic mass is 9.57. The van der Waals surface area contributed by atoms with Gasteiger partial charge in [-0.2, -0.15) is 0 Å². The number of nitrogens with one attached hydrogen (secondary N) is 1. The highest BCUT2D eigenvalue weighted by atomic mass is 16.5. The number of fused-ring (bicyclic) bond motifs is 2. The Labute approximate surface area is 207 Å². The van der Waals surface area contributed by atoms with Crippen molar-refractivity contribution in [2.24, 2.45) is 11.3 Å². The summed E-state index contributed by atoms with van der Waals surface area (Å²) in [5, 5.41) is 10.6. The first kappa shape index (κ1) is 22.8. The predicted molar refractivity (Wildman–Crippen MR) is 125 cm³/mol. The third-order valence-electron chi connectivity index (χ3n) is 8.33. The molecule has 4 aliphatic rings. The SMILES string of the molecule is COC1[C@@H]2CCN(C(=O)c3cn(-c4ccc5c(c4)CN(C4CCC(=O)NC4=O)C5=O)nn3)[C@@H]2C1(C)C. The molecule has 0 bridgehead atoms. The maximum absolute atomic E-state index is 13.3. The Morgan fingerprint density at radius 3 is 2.75 bits per heavy atom. The minimum atomic E-state index is -0.667. The molecule has 1 aromatic heterocycles. The molecule has 1 N–H and O–H groups in total. The number of piperidine rings is 1. The van der Waals surface area contributed by atoms with Crippen LogP contribution in [0.2, 0.25) is 0 Å². The maximum atomic E-state index is 13.3. The lowest BCUT2D eigenvalue weighted by Crippen LogP contribution is -2.65. The maximum Gasteiger partial charge on any atom is 0.276 e. The van der Waals surface area contributed by atoms with Gasteiger partial charge in [0.05, 0.1) is 18.0 Å². The molecule has 4 heterocycles. The zero-order chi connectivity index (χ0) is 25.4. The van der Waals surface area contributed by atoms with Crippen molar-refractivity contribution in [1.82, 2.24) is 30.1 Å². The summed E-state index contributed by atoms with van der Waals surface area (Å²) in [4.78, 5) is 53.4. The Hall–Kier alpha value is -3.60. The molecule has 0 radical (unpaired) electrons. The molecule has 2 saturated heterocycles. The Bertz CT molecular complexity index is 1300. The molecule has 4 amide bonds. The molecule has 1 aliphatic carbocycles. The highest BCUT2D eigenvalue weighted by molar-refractivity contribution is 6.05. The zero-order valence-corrected chi connectivity index (χ0v) is 20.4. The van der Waals surface area contributed by atoms with Crippen molar-refractivity contribution in [1.29, 1.82) is 0 Å². The van der Waals surface area contributed by atoms with Gasteiger partial charge in [-0.3, -0.25) is 24.5 Å². The van der Waals surface area contributed by atoms with Crippen molar-refractivity contribution in [3.05, 3.63) is 41.2 Å². The molecule has 2 aromatic rings. The first-order valence-corrected chi connectivity index (χ1v) is 12.2. The number of benzene rings is 1. The van der Waals surface area contributed by atoms with Crippen molar-refractivity contribution >= 4 is 23.6 Å². The monoisotopic (exact) mass is 492 g/mol. The number of likely N-dealkylation sites (tertiary alicyclic amines) is 1. The number of hydrogen-bond donors (Lipinski definition) is 1. The van der Waals surface area contributed by atoms with Crippen molar-refractivity contribution in [3.63, 3.8) is 0 Å². The Morgan fingerprint density at radius 1 is 1.19 bits per heavy atom. The molecule has 3 fully saturated rings. The van der Waals surface area contributed by atoms with Gasteiger partial charge in [0.25, 0.3) is 11.8 Å². The summed E-state index contributed by atoms with van der Waals surface area (Å²) in [6, 6.07) is 4.72. The van der Waals surface area contributed by atoms with Crippen LogP contribution in [-0.4, -0.2) is 80.3 Å². The minimum absolute atomic E-state index is 0.115. The molecule has 11 nitrogen and oxygen atoms in total. The fraction of sp³-hybridized carbons (Fsp3) is 0.520. The quantitative estimate of drug-likeness (QED) is 0.629. The first-order valence-electron chi connectivity index (χ1n) is 12.2. The smallest absolute Gasteiger partial charge is 0.276 e. The van der Waals surface area contributed by atoms with Gasteiger partial charge < -0.3 is 14.5 Å². The molecule has 36 heavy (non-hydrogen) atoms. The van der Waals surface area contributed by atoms with Crippen LogP contribution in [0, 0.1) is 11.3 Å². The van der Waals surface area contributed by atoms with E-state index in [1.54, 1.807) is 25.4 Å². The summed E-state index contributed by atoms with van der Waals surface area (Å²) in [6.07, 6.45) is 3.19. The molecule has 188 valence electrons. The van der Waals surface area contributed by atoms with Crippen LogP contribution in [0.15, 0.2) is 24.4 Å². The van der Waals surface area contributed by atoms with Gasteiger partial charge >= 0.3 is 0 Å². The van der Waals surface area contributed by atoms with Gasteiger partial charge in [0.15, 0.2) is 5.69 Å². The predicted octanol–water partition coefficient (Wildman–Crippen LogP) is 0.914. The average molecular weight is 493 g/mol. The van der Waals surface area contributed by atoms with Gasteiger partial charge in [-0.1, -0.05) is 19.1 Å². The lowest BCUT2D eigenvalue weighted by molar-refractivity contribution is -0.154. The van der Waals surface area contributed by atoms with E-state index in [4.69, 9.17) is 4.74 Å². The van der Waals surface area contributed by atoms with Crippen LogP contribution in [0.5, 0.6) is 0 Å². The fourth-order valence-electron chi connectivity index (χ4n) is 6.73. The van der Waals surface area contributed by atoms with E-state index in [9.17, 15) is 19.2 Å². The molecule has 1 saturated carbocycles. The van der Waals surface area contributed by atoms with Gasteiger partial charge in [-0.15, -0.1) is 5.10 Å². The summed E-state index contributed by atoms with van der Waals surface area (Å²) in [7, 11) is 1.73. The average Bonchev–Trinajstić information content (AvgIpc) is 3.56. The number of aromatic nitrogens is 3. The van der Waals surface area contributed by atoms with Gasteiger partial charge in [-0.25, -0.2) is 4.68 Å². The molecule has 3 aliphatic heterocycles. The zero-order valence-electron chi connectivity index (χ0n) is 20.4. The molecule has 0 spiro atoms. The largest absolute Gasteiger partial charge is 0.380 e. The molecule has 11 heteroatoms. The highest BCUT2D eigenvalue weighted by Gasteiger charge is 2.62. The van der Waals surface area contributed by atoms with E-state index in [2.05, 4.69) is 29.5 Å². The van der Waals surface area contributed by atoms with Crippen LogP contribution in [0.4, 0.5) is 0 Å².